The van der Waals surface area contributed by atoms with Crippen molar-refractivity contribution < 1.29 is 24.7 Å². The minimum Gasteiger partial charge on any atom is -0.508 e. The molecule has 1 aliphatic carbocycles. The minimum absolute atomic E-state index is 0.101. The number of ether oxygens (including phenoxy) is 1. The lowest BCUT2D eigenvalue weighted by Crippen LogP contribution is -2.52. The van der Waals surface area contributed by atoms with Crippen LogP contribution in [0, 0.1) is 10.1 Å². The summed E-state index contributed by atoms with van der Waals surface area (Å²) in [6.45, 7) is 0. The number of carbonyl (C=O) groups excluding carboxylic acids is 1. The van der Waals surface area contributed by atoms with Crippen molar-refractivity contribution in [3.63, 3.8) is 0 Å². The van der Waals surface area contributed by atoms with E-state index in [1.807, 2.05) is 0 Å². The molecule has 0 fully saturated rings. The fourth-order valence-electron chi connectivity index (χ4n) is 2.27. The highest BCUT2D eigenvalue weighted by Crippen LogP contribution is 2.39. The molecule has 1 aliphatic rings. The maximum atomic E-state index is 11.4. The van der Waals surface area contributed by atoms with Crippen LogP contribution in [0.2, 0.25) is 0 Å². The second-order valence-corrected chi connectivity index (χ2v) is 5.42. The van der Waals surface area contributed by atoms with Crippen molar-refractivity contribution in [1.82, 2.24) is 0 Å². The molecule has 0 bridgehead atoms. The summed E-state index contributed by atoms with van der Waals surface area (Å²) in [5.41, 5.74) is -2.05. The predicted octanol–water partition coefficient (Wildman–Crippen LogP) is 1.84. The van der Waals surface area contributed by atoms with E-state index in [-0.39, 0.29) is 11.1 Å². The van der Waals surface area contributed by atoms with E-state index in [0.717, 1.165) is 13.2 Å². The normalized spacial score (nSPS) is 24.9. The van der Waals surface area contributed by atoms with Gasteiger partial charge in [-0.25, -0.2) is 0 Å². The Bertz CT molecular complexity index is 698. The van der Waals surface area contributed by atoms with E-state index in [1.165, 1.54) is 0 Å². The summed E-state index contributed by atoms with van der Waals surface area (Å²) in [7, 11) is 1.04. The van der Waals surface area contributed by atoms with Crippen molar-refractivity contribution in [2.45, 2.75) is 11.8 Å². The summed E-state index contributed by atoms with van der Waals surface area (Å²) in [4.78, 5) is 21.8. The van der Waals surface area contributed by atoms with E-state index in [1.54, 1.807) is 24.3 Å². The largest absolute Gasteiger partial charge is 0.508 e. The van der Waals surface area contributed by atoms with Crippen molar-refractivity contribution in [2.24, 2.45) is 0 Å². The third-order valence-electron chi connectivity index (χ3n) is 3.46. The van der Waals surface area contributed by atoms with Gasteiger partial charge in [0, 0.05) is 23.2 Å². The first kappa shape index (κ1) is 16.3. The average Bonchev–Trinajstić information content (AvgIpc) is 2.50. The molecule has 7 nitrogen and oxygen atoms in total. The van der Waals surface area contributed by atoms with E-state index in [2.05, 4.69) is 15.9 Å². The van der Waals surface area contributed by atoms with Crippen LogP contribution in [0.5, 0.6) is 0 Å². The molecule has 2 unspecified atom stereocenters. The number of nitrogens with zero attached hydrogens (tertiary/aromatic N) is 1. The lowest BCUT2D eigenvalue weighted by molar-refractivity contribution is -0.622. The molecule has 0 saturated heterocycles. The van der Waals surface area contributed by atoms with Gasteiger partial charge < -0.3 is 14.9 Å². The Morgan fingerprint density at radius 3 is 2.59 bits per heavy atom. The van der Waals surface area contributed by atoms with E-state index in [9.17, 15) is 25.1 Å². The molecule has 1 aromatic rings. The predicted molar refractivity (Wildman–Crippen MR) is 80.6 cm³/mol. The molecule has 2 rings (SSSR count). The number of allylic oxidation sites excluding steroid dienone is 2. The number of aldehydes is 1. The van der Waals surface area contributed by atoms with Crippen LogP contribution >= 0.6 is 15.9 Å². The number of aliphatic hydroxyl groups is 2. The number of halogens is 1. The van der Waals surface area contributed by atoms with Crippen LogP contribution in [-0.2, 0) is 9.53 Å². The Morgan fingerprint density at radius 1 is 1.45 bits per heavy atom. The first-order valence-corrected chi connectivity index (χ1v) is 6.92. The van der Waals surface area contributed by atoms with Gasteiger partial charge in [-0.2, -0.15) is 0 Å². The average molecular weight is 370 g/mol. The first-order valence-electron chi connectivity index (χ1n) is 6.13. The van der Waals surface area contributed by atoms with Gasteiger partial charge in [0.05, 0.1) is 10.5 Å². The zero-order valence-corrected chi connectivity index (χ0v) is 13.0. The summed E-state index contributed by atoms with van der Waals surface area (Å²) in [6, 6.07) is 6.70. The van der Waals surface area contributed by atoms with Crippen LogP contribution < -0.4 is 0 Å². The highest BCUT2D eigenvalue weighted by atomic mass is 79.9. The smallest absolute Gasteiger partial charge is 0.378 e. The zero-order valence-electron chi connectivity index (χ0n) is 11.4. The van der Waals surface area contributed by atoms with E-state index < -0.39 is 22.5 Å². The maximum Gasteiger partial charge on any atom is 0.378 e. The van der Waals surface area contributed by atoms with Crippen LogP contribution in [0.25, 0.3) is 5.57 Å². The van der Waals surface area contributed by atoms with Gasteiger partial charge in [-0.3, -0.25) is 14.9 Å². The van der Waals surface area contributed by atoms with Gasteiger partial charge in [0.2, 0.25) is 6.10 Å². The summed E-state index contributed by atoms with van der Waals surface area (Å²) in [5, 5.41) is 31.4. The molecule has 2 atom stereocenters. The summed E-state index contributed by atoms with van der Waals surface area (Å²) in [6.07, 6.45) is -0.621. The van der Waals surface area contributed by atoms with Crippen molar-refractivity contribution in [1.29, 1.82) is 0 Å². The molecular weight excluding hydrogens is 358 g/mol. The minimum atomic E-state index is -2.37. The van der Waals surface area contributed by atoms with Gasteiger partial charge >= 0.3 is 5.72 Å². The van der Waals surface area contributed by atoms with Crippen LogP contribution in [0.4, 0.5) is 0 Å². The Kier molecular flexibility index (Phi) is 4.45. The second-order valence-electron chi connectivity index (χ2n) is 4.57. The summed E-state index contributed by atoms with van der Waals surface area (Å²) in [5.74, 6) is -0.804. The van der Waals surface area contributed by atoms with Crippen molar-refractivity contribution >= 4 is 27.8 Å². The third kappa shape index (κ3) is 2.35. The molecule has 8 heteroatoms. The highest BCUT2D eigenvalue weighted by Gasteiger charge is 2.55. The lowest BCUT2D eigenvalue weighted by Gasteiger charge is -2.30. The van der Waals surface area contributed by atoms with Gasteiger partial charge in [-0.15, -0.1) is 0 Å². The molecule has 0 aliphatic heterocycles. The number of aliphatic hydroxyl groups excluding tert-OH is 2. The van der Waals surface area contributed by atoms with Crippen LogP contribution in [0.15, 0.2) is 46.1 Å². The van der Waals surface area contributed by atoms with Gasteiger partial charge in [-0.05, 0) is 11.6 Å². The van der Waals surface area contributed by atoms with Crippen molar-refractivity contribution in [3.05, 3.63) is 61.8 Å². The number of hydrogen-bond donors (Lipinski definition) is 2. The number of carbonyl (C=O) groups is 1. The lowest BCUT2D eigenvalue weighted by atomic mass is 9.85. The van der Waals surface area contributed by atoms with Crippen molar-refractivity contribution in [3.8, 4) is 0 Å². The monoisotopic (exact) mass is 369 g/mol. The molecule has 116 valence electrons. The Balaban J connectivity index is 2.77. The van der Waals surface area contributed by atoms with Gasteiger partial charge in [-0.1, -0.05) is 34.1 Å². The van der Waals surface area contributed by atoms with Gasteiger partial charge in [0.1, 0.15) is 5.76 Å². The number of benzene rings is 1. The Labute approximate surface area is 133 Å². The quantitative estimate of drug-likeness (QED) is 0.362. The number of nitro groups is 1. The zero-order chi connectivity index (χ0) is 16.5. The fourth-order valence-corrected chi connectivity index (χ4v) is 2.77. The third-order valence-corrected chi connectivity index (χ3v) is 4.15. The molecule has 0 aromatic heterocycles. The van der Waals surface area contributed by atoms with Gasteiger partial charge in [0.25, 0.3) is 0 Å². The van der Waals surface area contributed by atoms with Crippen LogP contribution in [0.1, 0.15) is 5.56 Å². The molecule has 22 heavy (non-hydrogen) atoms. The topological polar surface area (TPSA) is 110 Å². The Hall–Kier alpha value is -2.03. The fraction of sp³-hybridized carbons (Fsp3) is 0.214. The summed E-state index contributed by atoms with van der Waals surface area (Å²) < 4.78 is 5.42. The van der Waals surface area contributed by atoms with E-state index >= 15 is 0 Å². The number of rotatable bonds is 4. The summed E-state index contributed by atoms with van der Waals surface area (Å²) >= 11 is 3.29. The molecular formula is C14H12BrNO6. The first-order chi connectivity index (χ1) is 10.4. The van der Waals surface area contributed by atoms with E-state index in [0.29, 0.717) is 16.3 Å². The van der Waals surface area contributed by atoms with E-state index in [4.69, 9.17) is 4.74 Å². The number of methoxy groups -OCH3 is 1. The molecule has 0 heterocycles. The molecule has 0 saturated carbocycles. The molecule has 0 radical (unpaired) electrons. The molecule has 0 spiro atoms. The highest BCUT2D eigenvalue weighted by molar-refractivity contribution is 9.10. The van der Waals surface area contributed by atoms with Crippen LogP contribution in [-0.4, -0.2) is 40.4 Å². The molecule has 0 amide bonds. The SMILES string of the molecule is COC1([N+](=O)[O-])C=C(c2ccccc2Br)C(C=O)=C(O)C1O. The molecule has 1 aromatic carbocycles. The Morgan fingerprint density at radius 2 is 2.09 bits per heavy atom. The van der Waals surface area contributed by atoms with Crippen LogP contribution in [0.3, 0.4) is 0 Å². The number of hydrogen-bond acceptors (Lipinski definition) is 6. The van der Waals surface area contributed by atoms with Gasteiger partial charge in [0.15, 0.2) is 6.29 Å². The molecule has 2 N–H and O–H groups in total. The second kappa shape index (κ2) is 5.99. The van der Waals surface area contributed by atoms with Crippen molar-refractivity contribution in [2.75, 3.05) is 7.11 Å². The standard InChI is InChI=1S/C14H12BrNO6/c1-22-14(16(20)21)6-9(8-4-2-3-5-11(8)15)10(7-17)12(18)13(14)19/h2-7,13,18-19H,1H3. The maximum absolute atomic E-state index is 11.4.